The first-order chi connectivity index (χ1) is 12.8. The monoisotopic (exact) mass is 445 g/mol. The van der Waals surface area contributed by atoms with Crippen LogP contribution in [0.3, 0.4) is 0 Å². The van der Waals surface area contributed by atoms with Crippen molar-refractivity contribution in [1.29, 1.82) is 0 Å². The first kappa shape index (κ1) is 19.0. The van der Waals surface area contributed by atoms with Crippen LogP contribution in [0, 0.1) is 6.92 Å². The highest BCUT2D eigenvalue weighted by atomic mass is 35.5. The molecule has 0 bridgehead atoms. The number of fused-ring (bicyclic) bond motifs is 1. The summed E-state index contributed by atoms with van der Waals surface area (Å²) in [5, 5.41) is 4.91. The molecule has 4 heterocycles. The van der Waals surface area contributed by atoms with Crippen LogP contribution in [0.25, 0.3) is 4.96 Å². The number of halogens is 1. The topological polar surface area (TPSA) is 87.9 Å². The first-order valence-corrected chi connectivity index (χ1v) is 11.6. The second kappa shape index (κ2) is 7.22. The van der Waals surface area contributed by atoms with E-state index in [-0.39, 0.29) is 9.77 Å². The lowest BCUT2D eigenvalue weighted by Gasteiger charge is -2.33. The zero-order valence-electron chi connectivity index (χ0n) is 14.3. The molecule has 1 saturated heterocycles. The molecule has 27 heavy (non-hydrogen) atoms. The number of hydrogen-bond donors (Lipinski definition) is 0. The molecule has 8 nitrogen and oxygen atoms in total. The highest BCUT2D eigenvalue weighted by molar-refractivity contribution is 7.91. The van der Waals surface area contributed by atoms with E-state index in [1.807, 2.05) is 6.92 Å². The molecule has 0 unspecified atom stereocenters. The highest BCUT2D eigenvalue weighted by Gasteiger charge is 2.29. The van der Waals surface area contributed by atoms with Crippen molar-refractivity contribution in [2.45, 2.75) is 17.7 Å². The predicted octanol–water partition coefficient (Wildman–Crippen LogP) is 1.68. The number of aryl methyl sites for hydroxylation is 1. The van der Waals surface area contributed by atoms with Gasteiger partial charge in [-0.15, -0.1) is 11.3 Å². The summed E-state index contributed by atoms with van der Waals surface area (Å²) in [6.07, 6.45) is 0. The molecule has 0 radical (unpaired) electrons. The van der Waals surface area contributed by atoms with Crippen molar-refractivity contribution in [3.05, 3.63) is 43.6 Å². The SMILES string of the molecule is Cc1nn2c(=O)cc(CN3CCN(S(=O)(=O)c4ccc(Cl)s4)CC3)nc2s1. The van der Waals surface area contributed by atoms with Gasteiger partial charge in [-0.25, -0.2) is 13.4 Å². The molecule has 1 fully saturated rings. The van der Waals surface area contributed by atoms with E-state index in [4.69, 9.17) is 11.6 Å². The summed E-state index contributed by atoms with van der Waals surface area (Å²) in [5.41, 5.74) is 0.472. The molecule has 3 aromatic heterocycles. The third-order valence-electron chi connectivity index (χ3n) is 4.26. The van der Waals surface area contributed by atoms with Gasteiger partial charge >= 0.3 is 0 Å². The molecule has 144 valence electrons. The van der Waals surface area contributed by atoms with Gasteiger partial charge in [0.05, 0.1) is 10.0 Å². The van der Waals surface area contributed by atoms with E-state index >= 15 is 0 Å². The van der Waals surface area contributed by atoms with Crippen molar-refractivity contribution in [3.63, 3.8) is 0 Å². The molecule has 3 aromatic rings. The summed E-state index contributed by atoms with van der Waals surface area (Å²) in [6, 6.07) is 4.62. The third kappa shape index (κ3) is 3.80. The molecule has 0 atom stereocenters. The van der Waals surface area contributed by atoms with Crippen LogP contribution in [0.5, 0.6) is 0 Å². The minimum absolute atomic E-state index is 0.199. The van der Waals surface area contributed by atoms with Crippen molar-refractivity contribution in [1.82, 2.24) is 23.8 Å². The molecular weight excluding hydrogens is 430 g/mol. The van der Waals surface area contributed by atoms with E-state index < -0.39 is 10.0 Å². The minimum Gasteiger partial charge on any atom is -0.295 e. The summed E-state index contributed by atoms with van der Waals surface area (Å²) >= 11 is 8.30. The molecule has 0 aliphatic carbocycles. The molecule has 4 rings (SSSR count). The zero-order chi connectivity index (χ0) is 19.2. The lowest BCUT2D eigenvalue weighted by molar-refractivity contribution is 0.180. The van der Waals surface area contributed by atoms with Crippen LogP contribution in [-0.2, 0) is 16.6 Å². The van der Waals surface area contributed by atoms with Gasteiger partial charge in [-0.3, -0.25) is 9.69 Å². The number of piperazine rings is 1. The van der Waals surface area contributed by atoms with Crippen molar-refractivity contribution < 1.29 is 8.42 Å². The van der Waals surface area contributed by atoms with Crippen molar-refractivity contribution in [2.75, 3.05) is 26.2 Å². The van der Waals surface area contributed by atoms with Gasteiger partial charge in [-0.05, 0) is 19.1 Å². The van der Waals surface area contributed by atoms with E-state index in [1.165, 1.54) is 26.2 Å². The minimum atomic E-state index is -3.51. The summed E-state index contributed by atoms with van der Waals surface area (Å²) in [6.45, 7) is 4.25. The number of sulfonamides is 1. The maximum Gasteiger partial charge on any atom is 0.275 e. The zero-order valence-corrected chi connectivity index (χ0v) is 17.5. The fraction of sp³-hybridized carbons (Fsp3) is 0.400. The largest absolute Gasteiger partial charge is 0.295 e. The quantitative estimate of drug-likeness (QED) is 0.607. The second-order valence-corrected chi connectivity index (χ2v) is 11.2. The summed E-state index contributed by atoms with van der Waals surface area (Å²) < 4.78 is 28.8. The van der Waals surface area contributed by atoms with Gasteiger partial charge < -0.3 is 0 Å². The number of aromatic nitrogens is 3. The van der Waals surface area contributed by atoms with Crippen molar-refractivity contribution >= 4 is 49.3 Å². The molecule has 1 aliphatic heterocycles. The van der Waals surface area contributed by atoms with E-state index in [1.54, 1.807) is 12.1 Å². The fourth-order valence-electron chi connectivity index (χ4n) is 2.95. The van der Waals surface area contributed by atoms with Crippen molar-refractivity contribution in [3.8, 4) is 0 Å². The Balaban J connectivity index is 1.45. The Bertz CT molecular complexity index is 1150. The molecule has 0 amide bonds. The van der Waals surface area contributed by atoms with Gasteiger partial charge in [0.15, 0.2) is 0 Å². The van der Waals surface area contributed by atoms with Gasteiger partial charge in [0.25, 0.3) is 15.6 Å². The van der Waals surface area contributed by atoms with Crippen LogP contribution in [0.4, 0.5) is 0 Å². The van der Waals surface area contributed by atoms with Crippen molar-refractivity contribution in [2.24, 2.45) is 0 Å². The summed E-state index contributed by atoms with van der Waals surface area (Å²) in [5.74, 6) is 0. The first-order valence-electron chi connectivity index (χ1n) is 8.17. The number of rotatable bonds is 4. The Morgan fingerprint density at radius 1 is 1.19 bits per heavy atom. The van der Waals surface area contributed by atoms with Crippen LogP contribution in [0.2, 0.25) is 4.34 Å². The van der Waals surface area contributed by atoms with Crippen LogP contribution in [0.15, 0.2) is 27.2 Å². The maximum absolute atomic E-state index is 12.7. The van der Waals surface area contributed by atoms with E-state index in [0.29, 0.717) is 47.7 Å². The number of thiophene rings is 1. The smallest absolute Gasteiger partial charge is 0.275 e. The Morgan fingerprint density at radius 2 is 1.93 bits per heavy atom. The van der Waals surface area contributed by atoms with Gasteiger partial charge in [-0.2, -0.15) is 13.9 Å². The molecule has 0 N–H and O–H groups in total. The Kier molecular flexibility index (Phi) is 5.08. The third-order valence-corrected chi connectivity index (χ3v) is 8.68. The average Bonchev–Trinajstić information content (AvgIpc) is 3.21. The van der Waals surface area contributed by atoms with Gasteiger partial charge in [0.2, 0.25) is 4.96 Å². The molecule has 0 saturated carbocycles. The molecular formula is C15H16ClN5O3S3. The maximum atomic E-state index is 12.7. The Labute approximate surface area is 168 Å². The average molecular weight is 446 g/mol. The van der Waals surface area contributed by atoms with Crippen LogP contribution in [0.1, 0.15) is 10.7 Å². The Morgan fingerprint density at radius 3 is 2.59 bits per heavy atom. The summed E-state index contributed by atoms with van der Waals surface area (Å²) in [7, 11) is -3.51. The van der Waals surface area contributed by atoms with E-state index in [9.17, 15) is 13.2 Å². The van der Waals surface area contributed by atoms with Gasteiger partial charge in [0.1, 0.15) is 9.22 Å². The lowest BCUT2D eigenvalue weighted by atomic mass is 10.3. The van der Waals surface area contributed by atoms with Crippen LogP contribution < -0.4 is 5.56 Å². The molecule has 1 aliphatic rings. The van der Waals surface area contributed by atoms with Gasteiger partial charge in [-0.1, -0.05) is 22.9 Å². The predicted molar refractivity (Wildman–Crippen MR) is 105 cm³/mol. The molecule has 12 heteroatoms. The van der Waals surface area contributed by atoms with Crippen LogP contribution >= 0.6 is 34.3 Å². The highest BCUT2D eigenvalue weighted by Crippen LogP contribution is 2.28. The second-order valence-electron chi connectivity index (χ2n) is 6.14. The lowest BCUT2D eigenvalue weighted by Crippen LogP contribution is -2.48. The Hall–Kier alpha value is -1.37. The summed E-state index contributed by atoms with van der Waals surface area (Å²) in [4.78, 5) is 19.3. The molecule has 0 aromatic carbocycles. The molecule has 0 spiro atoms. The number of hydrogen-bond acceptors (Lipinski definition) is 8. The van der Waals surface area contributed by atoms with Crippen LogP contribution in [-0.4, -0.2) is 58.4 Å². The number of nitrogens with zero attached hydrogens (tertiary/aromatic N) is 5. The normalized spacial score (nSPS) is 17.0. The van der Waals surface area contributed by atoms with E-state index in [2.05, 4.69) is 15.0 Å². The fourth-order valence-corrected chi connectivity index (χ4v) is 6.78. The van der Waals surface area contributed by atoms with Gasteiger partial charge in [0, 0.05) is 38.8 Å². The van der Waals surface area contributed by atoms with E-state index in [0.717, 1.165) is 16.3 Å². The standard InChI is InChI=1S/C15H16ClN5O3S3/c1-10-18-21-13(22)8-11(17-15(21)25-10)9-19-4-6-20(7-5-19)27(23,24)14-3-2-12(16)26-14/h2-3,8H,4-7,9H2,1H3.